The van der Waals surface area contributed by atoms with Gasteiger partial charge in [-0.05, 0) is 155 Å². The van der Waals surface area contributed by atoms with Crippen LogP contribution in [-0.4, -0.2) is 200 Å². The SMILES string of the molecule is NCCCCC[C@H](N)C(=O)N[C@@H](CCN)C(=O)N[C@@H](CCN)C(=O)NCC(=O)N[C@H](CCCN)C(=O)N1CCC[C@H]1C(=O)N[C@@H](Cc1cnc[nH]1)C(=O)N[C@@H](CCCCN)C(=O)N/C(=C\CCN=C(N)N)C(=O)N[C@@H](CCCCN)C(=O)NCCCCN. The van der Waals surface area contributed by atoms with Gasteiger partial charge in [0, 0.05) is 37.9 Å². The van der Waals surface area contributed by atoms with Crippen molar-refractivity contribution >= 4 is 65.0 Å². The zero-order chi connectivity index (χ0) is 65.2. The molecule has 0 aliphatic carbocycles. The molecule has 1 fully saturated rings. The summed E-state index contributed by atoms with van der Waals surface area (Å²) >= 11 is 0. The molecule has 0 bridgehead atoms. The van der Waals surface area contributed by atoms with Gasteiger partial charge in [-0.3, -0.25) is 52.9 Å². The number of hydrogen-bond donors (Lipinski definition) is 20. The minimum absolute atomic E-state index is 0.0172. The van der Waals surface area contributed by atoms with Crippen molar-refractivity contribution in [2.75, 3.05) is 72.0 Å². The van der Waals surface area contributed by atoms with Crippen LogP contribution in [0.15, 0.2) is 29.3 Å². The van der Waals surface area contributed by atoms with Crippen LogP contribution in [0.5, 0.6) is 0 Å². The first-order valence-electron chi connectivity index (χ1n) is 30.7. The number of carbonyl (C=O) groups is 10. The van der Waals surface area contributed by atoms with E-state index in [1.165, 1.54) is 23.5 Å². The monoisotopic (exact) mass is 1250 g/mol. The van der Waals surface area contributed by atoms with Crippen molar-refractivity contribution in [3.05, 3.63) is 30.0 Å². The first-order valence-corrected chi connectivity index (χ1v) is 30.7. The first kappa shape index (κ1) is 76.7. The fourth-order valence-electron chi connectivity index (χ4n) is 9.41. The van der Waals surface area contributed by atoms with Crippen molar-refractivity contribution in [3.63, 3.8) is 0 Å². The summed E-state index contributed by atoms with van der Waals surface area (Å²) in [7, 11) is 0. The third-order valence-electron chi connectivity index (χ3n) is 14.3. The van der Waals surface area contributed by atoms with Crippen molar-refractivity contribution in [2.24, 2.45) is 62.3 Å². The Morgan fingerprint density at radius 3 is 1.73 bits per heavy atom. The molecule has 33 nitrogen and oxygen atoms in total. The molecule has 30 N–H and O–H groups in total. The highest BCUT2D eigenvalue weighted by Gasteiger charge is 2.40. The minimum Gasteiger partial charge on any atom is -0.370 e. The third-order valence-corrected chi connectivity index (χ3v) is 14.3. The maximum atomic E-state index is 14.5. The summed E-state index contributed by atoms with van der Waals surface area (Å²) in [5.74, 6) is -7.30. The van der Waals surface area contributed by atoms with Gasteiger partial charge in [-0.2, -0.15) is 0 Å². The molecular formula is C55H103N23O10. The lowest BCUT2D eigenvalue weighted by Gasteiger charge is -2.30. The second-order valence-electron chi connectivity index (χ2n) is 21.5. The van der Waals surface area contributed by atoms with Crippen LogP contribution in [0, 0.1) is 0 Å². The van der Waals surface area contributed by atoms with E-state index in [0.717, 1.165) is 12.8 Å². The zero-order valence-corrected chi connectivity index (χ0v) is 51.0. The highest BCUT2D eigenvalue weighted by atomic mass is 16.2. The van der Waals surface area contributed by atoms with Gasteiger partial charge >= 0.3 is 0 Å². The summed E-state index contributed by atoms with van der Waals surface area (Å²) in [6.07, 6.45) is 11.0. The number of amides is 10. The van der Waals surface area contributed by atoms with Crippen molar-refractivity contribution in [2.45, 2.75) is 177 Å². The molecule has 10 amide bonds. The standard InChI is InChI=1S/C55H103N23O10/c56-21-5-1-2-13-36(63)46(80)72-41(20-27-62)51(85)76-40(19-26-61)48(82)69-33-45(79)71-42(16-10-25-60)54(88)78-30-12-18-44(78)53(87)77-43(31-35-32-66-34-70-35)52(86)75-38(15-4-7-23-58)49(83)74-39(17-11-29-68-55(64)65)50(84)73-37(14-3-6-22-57)47(81)67-28-9-8-24-59/h17,32,34,36-38,40-44H,1-16,18-31,33,56-63H2,(H,66,70)(H,67,81)(H,69,82)(H,71,79)(H,72,80)(H,73,84)(H,74,83)(H,75,86)(H,76,85)(H,77,87)(H4,64,65,68)/b39-17-/t36-,37-,38-,40-,41-,42+,43-,44-/m0/s1. The van der Waals surface area contributed by atoms with E-state index in [0.29, 0.717) is 89.7 Å². The molecule has 498 valence electrons. The Morgan fingerprint density at radius 1 is 0.580 bits per heavy atom. The van der Waals surface area contributed by atoms with Crippen LogP contribution in [0.4, 0.5) is 0 Å². The average Bonchev–Trinajstić information content (AvgIpc) is 4.44. The number of aliphatic imine (C=N–C) groups is 1. The molecule has 1 aliphatic heterocycles. The van der Waals surface area contributed by atoms with Gasteiger partial charge in [-0.15, -0.1) is 0 Å². The molecule has 2 heterocycles. The molecule has 1 saturated heterocycles. The quantitative estimate of drug-likeness (QED) is 0.0125. The van der Waals surface area contributed by atoms with Crippen molar-refractivity contribution in [1.29, 1.82) is 0 Å². The number of aromatic nitrogens is 2. The molecule has 0 aromatic carbocycles. The first-order chi connectivity index (χ1) is 42.3. The topological polar surface area (TPSA) is 583 Å². The Kier molecular flexibility index (Phi) is 39.2. The second-order valence-corrected chi connectivity index (χ2v) is 21.5. The molecule has 2 rings (SSSR count). The van der Waals surface area contributed by atoms with Gasteiger partial charge in [-0.1, -0.05) is 18.9 Å². The van der Waals surface area contributed by atoms with Crippen LogP contribution in [0.2, 0.25) is 0 Å². The molecule has 0 radical (unpaired) electrons. The summed E-state index contributed by atoms with van der Waals surface area (Å²) in [5.41, 5.74) is 57.4. The van der Waals surface area contributed by atoms with Gasteiger partial charge in [0.2, 0.25) is 53.2 Å². The van der Waals surface area contributed by atoms with Crippen LogP contribution in [-0.2, 0) is 54.4 Å². The van der Waals surface area contributed by atoms with Crippen LogP contribution in [0.25, 0.3) is 0 Å². The van der Waals surface area contributed by atoms with E-state index >= 15 is 0 Å². The normalized spacial score (nSPS) is 15.4. The smallest absolute Gasteiger partial charge is 0.268 e. The highest BCUT2D eigenvalue weighted by molar-refractivity contribution is 6.02. The van der Waals surface area contributed by atoms with Gasteiger partial charge in [0.15, 0.2) is 5.96 Å². The molecule has 0 saturated carbocycles. The van der Waals surface area contributed by atoms with Gasteiger partial charge in [0.05, 0.1) is 18.9 Å². The number of hydrogen-bond acceptors (Lipinski definition) is 20. The Morgan fingerprint density at radius 2 is 1.12 bits per heavy atom. The van der Waals surface area contributed by atoms with E-state index in [9.17, 15) is 47.9 Å². The highest BCUT2D eigenvalue weighted by Crippen LogP contribution is 2.21. The second kappa shape index (κ2) is 44.9. The van der Waals surface area contributed by atoms with Gasteiger partial charge in [-0.25, -0.2) is 4.98 Å². The summed E-state index contributed by atoms with van der Waals surface area (Å²) in [6, 6.07) is -9.31. The van der Waals surface area contributed by atoms with Crippen molar-refractivity contribution in [3.8, 4) is 0 Å². The number of guanidine groups is 1. The van der Waals surface area contributed by atoms with Crippen molar-refractivity contribution in [1.82, 2.24) is 62.7 Å². The number of imidazole rings is 1. The largest absolute Gasteiger partial charge is 0.370 e. The Hall–Kier alpha value is -7.40. The average molecular weight is 1250 g/mol. The van der Waals surface area contributed by atoms with E-state index in [4.69, 9.17) is 57.3 Å². The molecule has 0 unspecified atom stereocenters. The molecule has 8 atom stereocenters. The number of likely N-dealkylation sites (tertiary alicyclic amines) is 1. The number of carbonyl (C=O) groups excluding carboxylic acids is 10. The third kappa shape index (κ3) is 30.0. The van der Waals surface area contributed by atoms with Gasteiger partial charge < -0.3 is 115 Å². The summed E-state index contributed by atoms with van der Waals surface area (Å²) < 4.78 is 0. The summed E-state index contributed by atoms with van der Waals surface area (Å²) in [4.78, 5) is 151. The molecule has 1 aliphatic rings. The summed E-state index contributed by atoms with van der Waals surface area (Å²) in [5, 5.41) is 24.0. The zero-order valence-electron chi connectivity index (χ0n) is 51.0. The van der Waals surface area contributed by atoms with Gasteiger partial charge in [0.1, 0.15) is 48.0 Å². The maximum absolute atomic E-state index is 14.5. The maximum Gasteiger partial charge on any atom is 0.268 e. The number of nitrogens with one attached hydrogen (secondary N) is 10. The van der Waals surface area contributed by atoms with E-state index in [1.54, 1.807) is 0 Å². The lowest BCUT2D eigenvalue weighted by Crippen LogP contribution is -2.59. The molecule has 0 spiro atoms. The number of nitrogens with two attached hydrogens (primary N) is 10. The lowest BCUT2D eigenvalue weighted by molar-refractivity contribution is -0.142. The van der Waals surface area contributed by atoms with Crippen LogP contribution < -0.4 is 105 Å². The molecule has 33 heteroatoms. The Bertz CT molecular complexity index is 2360. The molecule has 1 aromatic heterocycles. The predicted octanol–water partition coefficient (Wildman–Crippen LogP) is -6.97. The minimum atomic E-state index is -1.37. The predicted molar refractivity (Wildman–Crippen MR) is 331 cm³/mol. The fourth-order valence-corrected chi connectivity index (χ4v) is 9.41. The number of H-pyrrole nitrogens is 1. The van der Waals surface area contributed by atoms with Crippen LogP contribution in [0.1, 0.15) is 128 Å². The summed E-state index contributed by atoms with van der Waals surface area (Å²) in [6.45, 7) is 1.48. The Labute approximate surface area is 515 Å². The van der Waals surface area contributed by atoms with Crippen LogP contribution in [0.3, 0.4) is 0 Å². The van der Waals surface area contributed by atoms with Gasteiger partial charge in [0.25, 0.3) is 5.91 Å². The number of rotatable bonds is 47. The lowest BCUT2D eigenvalue weighted by atomic mass is 10.0. The molecular weight excluding hydrogens is 1140 g/mol. The van der Waals surface area contributed by atoms with E-state index in [-0.39, 0.29) is 109 Å². The van der Waals surface area contributed by atoms with Crippen LogP contribution >= 0.6 is 0 Å². The number of unbranched alkanes of at least 4 members (excludes halogenated alkanes) is 5. The van der Waals surface area contributed by atoms with E-state index < -0.39 is 114 Å². The molecule has 1 aromatic rings. The Balaban J connectivity index is 2.34. The molecule has 88 heavy (non-hydrogen) atoms. The fraction of sp³-hybridized carbons (Fsp3) is 0.709. The van der Waals surface area contributed by atoms with Crippen molar-refractivity contribution < 1.29 is 47.9 Å². The number of aromatic amines is 1. The van der Waals surface area contributed by atoms with E-state index in [2.05, 4.69) is 62.8 Å². The number of nitrogens with zero attached hydrogens (tertiary/aromatic N) is 3. The van der Waals surface area contributed by atoms with E-state index in [1.807, 2.05) is 0 Å².